The molecule has 1 aromatic carbocycles. The third-order valence-corrected chi connectivity index (χ3v) is 8.28. The summed E-state index contributed by atoms with van der Waals surface area (Å²) in [7, 11) is -3.70. The number of rotatable bonds is 7. The largest absolute Gasteiger partial charge is 0.435 e. The lowest BCUT2D eigenvalue weighted by molar-refractivity contribution is -0.0499. The summed E-state index contributed by atoms with van der Waals surface area (Å²) in [6.07, 6.45) is 4.04. The molecule has 0 amide bonds. The Kier molecular flexibility index (Phi) is 6.59. The first-order chi connectivity index (χ1) is 14.3. The van der Waals surface area contributed by atoms with E-state index in [1.54, 1.807) is 4.31 Å². The Bertz CT molecular complexity index is 809. The van der Waals surface area contributed by atoms with E-state index in [-0.39, 0.29) is 41.0 Å². The lowest BCUT2D eigenvalue weighted by Crippen LogP contribution is -2.52. The van der Waals surface area contributed by atoms with Gasteiger partial charge in [0.25, 0.3) is 0 Å². The van der Waals surface area contributed by atoms with Crippen LogP contribution in [0.2, 0.25) is 0 Å². The highest BCUT2D eigenvalue weighted by molar-refractivity contribution is 7.89. The van der Waals surface area contributed by atoms with Gasteiger partial charge in [0.15, 0.2) is 0 Å². The Hall–Kier alpha value is -1.33. The Morgan fingerprint density at radius 1 is 1.13 bits per heavy atom. The number of ether oxygens (including phenoxy) is 2. The van der Waals surface area contributed by atoms with E-state index in [1.807, 2.05) is 0 Å². The monoisotopic (exact) mass is 446 g/mol. The van der Waals surface area contributed by atoms with E-state index in [1.165, 1.54) is 24.3 Å². The van der Waals surface area contributed by atoms with Crippen molar-refractivity contribution in [1.29, 1.82) is 0 Å². The number of fused-ring (bicyclic) bond motifs is 2. The molecule has 0 aliphatic carbocycles. The second-order valence-electron chi connectivity index (χ2n) is 8.32. The molecule has 4 rings (SSSR count). The van der Waals surface area contributed by atoms with Crippen molar-refractivity contribution in [3.8, 4) is 5.75 Å². The molecule has 2 bridgehead atoms. The summed E-state index contributed by atoms with van der Waals surface area (Å²) in [5.74, 6) is -0.0649. The zero-order valence-corrected chi connectivity index (χ0v) is 17.4. The van der Waals surface area contributed by atoms with Gasteiger partial charge in [-0.25, -0.2) is 8.42 Å². The average Bonchev–Trinajstić information content (AvgIpc) is 2.98. The number of nitrogens with zero attached hydrogens (tertiary/aromatic N) is 1. The molecular formula is C20H28F2N2O5S. The van der Waals surface area contributed by atoms with E-state index < -0.39 is 16.6 Å². The van der Waals surface area contributed by atoms with Crippen molar-refractivity contribution in [3.63, 3.8) is 0 Å². The van der Waals surface area contributed by atoms with Gasteiger partial charge in [0, 0.05) is 37.7 Å². The van der Waals surface area contributed by atoms with Gasteiger partial charge in [-0.2, -0.15) is 13.1 Å². The first-order valence-corrected chi connectivity index (χ1v) is 11.9. The molecule has 5 atom stereocenters. The average molecular weight is 447 g/mol. The fourth-order valence-corrected chi connectivity index (χ4v) is 6.80. The zero-order valence-electron chi connectivity index (χ0n) is 16.6. The first-order valence-electron chi connectivity index (χ1n) is 10.4. The minimum Gasteiger partial charge on any atom is -0.435 e. The third-order valence-electron chi connectivity index (χ3n) is 6.26. The quantitative estimate of drug-likeness (QED) is 0.667. The van der Waals surface area contributed by atoms with Crippen molar-refractivity contribution in [2.75, 3.05) is 13.2 Å². The van der Waals surface area contributed by atoms with Crippen molar-refractivity contribution in [2.24, 2.45) is 0 Å². The molecule has 3 fully saturated rings. The smallest absolute Gasteiger partial charge is 0.387 e. The summed E-state index contributed by atoms with van der Waals surface area (Å²) in [5, 5.41) is 13.3. The van der Waals surface area contributed by atoms with Crippen molar-refractivity contribution in [2.45, 2.75) is 80.4 Å². The first kappa shape index (κ1) is 21.9. The van der Waals surface area contributed by atoms with Crippen LogP contribution < -0.4 is 10.1 Å². The molecule has 3 heterocycles. The van der Waals surface area contributed by atoms with Gasteiger partial charge in [-0.15, -0.1) is 0 Å². The fraction of sp³-hybridized carbons (Fsp3) is 0.700. The summed E-state index contributed by atoms with van der Waals surface area (Å²) in [4.78, 5) is 0.0945. The van der Waals surface area contributed by atoms with Crippen LogP contribution in [-0.4, -0.2) is 67.9 Å². The minimum absolute atomic E-state index is 0.0119. The van der Waals surface area contributed by atoms with Gasteiger partial charge >= 0.3 is 6.61 Å². The Morgan fingerprint density at radius 3 is 2.40 bits per heavy atom. The highest BCUT2D eigenvalue weighted by Crippen LogP contribution is 2.40. The molecular weight excluding hydrogens is 418 g/mol. The molecule has 0 radical (unpaired) electrons. The lowest BCUT2D eigenvalue weighted by Gasteiger charge is -2.39. The van der Waals surface area contributed by atoms with Crippen LogP contribution in [0.4, 0.5) is 8.78 Å². The molecule has 3 saturated heterocycles. The molecule has 30 heavy (non-hydrogen) atoms. The number of aliphatic hydroxyl groups excluding tert-OH is 1. The van der Waals surface area contributed by atoms with E-state index in [0.717, 1.165) is 25.7 Å². The highest BCUT2D eigenvalue weighted by atomic mass is 32.2. The number of aliphatic hydroxyl groups is 1. The summed E-state index contributed by atoms with van der Waals surface area (Å²) in [6, 6.07) is 5.20. The predicted molar refractivity (Wildman–Crippen MR) is 105 cm³/mol. The lowest BCUT2D eigenvalue weighted by atomic mass is 9.99. The van der Waals surface area contributed by atoms with Gasteiger partial charge in [0.05, 0.1) is 17.1 Å². The second kappa shape index (κ2) is 9.04. The number of alkyl halides is 2. The highest BCUT2D eigenvalue weighted by Gasteiger charge is 2.47. The normalized spacial score (nSPS) is 32.5. The maximum absolute atomic E-state index is 13.2. The number of halogens is 2. The molecule has 0 aromatic heterocycles. The van der Waals surface area contributed by atoms with Gasteiger partial charge in [-0.1, -0.05) is 0 Å². The fourth-order valence-electron chi connectivity index (χ4n) is 4.91. The Balaban J connectivity index is 1.38. The summed E-state index contributed by atoms with van der Waals surface area (Å²) >= 11 is 0. The summed E-state index contributed by atoms with van der Waals surface area (Å²) in [6.45, 7) is -1.73. The van der Waals surface area contributed by atoms with Gasteiger partial charge in [-0.05, 0) is 56.4 Å². The van der Waals surface area contributed by atoms with Crippen LogP contribution in [0, 0.1) is 0 Å². The van der Waals surface area contributed by atoms with Crippen LogP contribution in [0.5, 0.6) is 5.75 Å². The van der Waals surface area contributed by atoms with E-state index in [4.69, 9.17) is 4.74 Å². The maximum Gasteiger partial charge on any atom is 0.387 e. The minimum atomic E-state index is -3.70. The third kappa shape index (κ3) is 4.77. The Labute approximate surface area is 175 Å². The van der Waals surface area contributed by atoms with Gasteiger partial charge in [0.1, 0.15) is 5.75 Å². The summed E-state index contributed by atoms with van der Waals surface area (Å²) in [5.41, 5.74) is 0. The Morgan fingerprint density at radius 2 is 1.80 bits per heavy atom. The number of nitrogens with one attached hydrogen (secondary N) is 1. The van der Waals surface area contributed by atoms with Crippen molar-refractivity contribution in [1.82, 2.24) is 9.62 Å². The van der Waals surface area contributed by atoms with Crippen LogP contribution in [0.25, 0.3) is 0 Å². The molecule has 2 N–H and O–H groups in total. The van der Waals surface area contributed by atoms with Gasteiger partial charge < -0.3 is 19.9 Å². The van der Waals surface area contributed by atoms with Gasteiger partial charge in [-0.3, -0.25) is 0 Å². The standard InChI is InChI=1S/C20H28F2N2O5S/c21-20(22)29-17-3-5-19(6-4-17)30(26,27)24-14-1-2-15(24)10-13(9-14)23-12-18-11-16(25)7-8-28-18/h3-6,13-16,18,20,23,25H,1-2,7-12H2/t13?,14-,15+,16?,18?. The topological polar surface area (TPSA) is 88.1 Å². The summed E-state index contributed by atoms with van der Waals surface area (Å²) < 4.78 is 62.6. The van der Waals surface area contributed by atoms with E-state index >= 15 is 0 Å². The molecule has 3 aliphatic heterocycles. The van der Waals surface area contributed by atoms with E-state index in [2.05, 4.69) is 10.1 Å². The number of piperidine rings is 1. The molecule has 7 nitrogen and oxygen atoms in total. The molecule has 10 heteroatoms. The van der Waals surface area contributed by atoms with Crippen LogP contribution in [0.3, 0.4) is 0 Å². The second-order valence-corrected chi connectivity index (χ2v) is 10.2. The molecule has 3 unspecified atom stereocenters. The number of hydrogen-bond acceptors (Lipinski definition) is 6. The predicted octanol–water partition coefficient (Wildman–Crippen LogP) is 2.10. The molecule has 0 spiro atoms. The molecule has 168 valence electrons. The van der Waals surface area contributed by atoms with Crippen molar-refractivity contribution >= 4 is 10.0 Å². The van der Waals surface area contributed by atoms with Gasteiger partial charge in [0.2, 0.25) is 10.0 Å². The van der Waals surface area contributed by atoms with E-state index in [0.29, 0.717) is 26.0 Å². The van der Waals surface area contributed by atoms with Crippen LogP contribution in [0.15, 0.2) is 29.2 Å². The van der Waals surface area contributed by atoms with Crippen molar-refractivity contribution in [3.05, 3.63) is 24.3 Å². The zero-order chi connectivity index (χ0) is 21.3. The van der Waals surface area contributed by atoms with Crippen LogP contribution in [-0.2, 0) is 14.8 Å². The SMILES string of the molecule is O=S(=O)(c1ccc(OC(F)F)cc1)N1[C@@H]2CC[C@H]1CC(NCC1CC(O)CCO1)C2. The maximum atomic E-state index is 13.2. The molecule has 1 aromatic rings. The van der Waals surface area contributed by atoms with Crippen molar-refractivity contribution < 1.29 is 31.8 Å². The van der Waals surface area contributed by atoms with E-state index in [9.17, 15) is 22.3 Å². The number of benzene rings is 1. The van der Waals surface area contributed by atoms with Crippen LogP contribution in [0.1, 0.15) is 38.5 Å². The molecule has 3 aliphatic rings. The van der Waals surface area contributed by atoms with Crippen LogP contribution >= 0.6 is 0 Å². The number of hydrogen-bond donors (Lipinski definition) is 2. The number of sulfonamides is 1. The molecule has 0 saturated carbocycles.